The number of methoxy groups -OCH3 is 2. The molecule has 6 atom stereocenters. The second-order valence-corrected chi connectivity index (χ2v) is 11.4. The summed E-state index contributed by atoms with van der Waals surface area (Å²) in [6, 6.07) is 8.18. The number of carbonyl (C=O) groups is 1. The number of rotatable bonds is 5. The minimum Gasteiger partial charge on any atom is -0.497 e. The zero-order chi connectivity index (χ0) is 24.1. The third-order valence-electron chi connectivity index (χ3n) is 9.70. The first-order valence-electron chi connectivity index (χ1n) is 12.8. The van der Waals surface area contributed by atoms with Crippen molar-refractivity contribution in [2.45, 2.75) is 63.3 Å². The van der Waals surface area contributed by atoms with Gasteiger partial charge in [0.05, 0.1) is 24.2 Å². The minimum atomic E-state index is -0.953. The molecule has 0 aromatic heterocycles. The van der Waals surface area contributed by atoms with Crippen LogP contribution < -0.4 is 9.64 Å². The second-order valence-electron chi connectivity index (χ2n) is 11.4. The minimum absolute atomic E-state index is 0.0366. The van der Waals surface area contributed by atoms with Crippen molar-refractivity contribution >= 4 is 11.7 Å². The second kappa shape index (κ2) is 8.68. The molecular formula is C27H40N2O5. The van der Waals surface area contributed by atoms with Crippen molar-refractivity contribution in [1.82, 2.24) is 4.90 Å². The van der Waals surface area contributed by atoms with Gasteiger partial charge in [-0.15, -0.1) is 0 Å². The fourth-order valence-electron chi connectivity index (χ4n) is 7.37. The Morgan fingerprint density at radius 1 is 1.12 bits per heavy atom. The molecule has 1 aromatic carbocycles. The summed E-state index contributed by atoms with van der Waals surface area (Å²) in [6.45, 7) is 8.53. The molecule has 0 bridgehead atoms. The van der Waals surface area contributed by atoms with Gasteiger partial charge < -0.3 is 24.2 Å². The fourth-order valence-corrected chi connectivity index (χ4v) is 7.37. The van der Waals surface area contributed by atoms with Crippen molar-refractivity contribution in [1.29, 1.82) is 0 Å². The standard InChI is InChI=1S/C27H40N2O5/c1-25-9-6-10-26(2,33-4)27(25,31)16-21-22(24(30)34-23(21)17-25)18-28-11-13-29(14-12-28)19-7-5-8-20(15-19)32-3/h5,7-8,15,21-23,31H,6,9-14,16-18H2,1-4H3/t21-,22+,23-,25-,26-,27-/m1/s1. The Kier molecular flexibility index (Phi) is 6.10. The highest BCUT2D eigenvalue weighted by Crippen LogP contribution is 2.61. The van der Waals surface area contributed by atoms with Gasteiger partial charge in [-0.05, 0) is 51.2 Å². The highest BCUT2D eigenvalue weighted by atomic mass is 16.6. The summed E-state index contributed by atoms with van der Waals surface area (Å²) in [5.74, 6) is 0.627. The third-order valence-corrected chi connectivity index (χ3v) is 9.70. The van der Waals surface area contributed by atoms with Gasteiger partial charge >= 0.3 is 5.97 Å². The summed E-state index contributed by atoms with van der Waals surface area (Å²) in [5, 5.41) is 12.1. The van der Waals surface area contributed by atoms with Crippen LogP contribution in [0.1, 0.15) is 46.0 Å². The quantitative estimate of drug-likeness (QED) is 0.661. The van der Waals surface area contributed by atoms with Crippen LogP contribution in [0.2, 0.25) is 0 Å². The van der Waals surface area contributed by atoms with Crippen LogP contribution in [-0.2, 0) is 14.3 Å². The van der Waals surface area contributed by atoms with Gasteiger partial charge in [-0.25, -0.2) is 0 Å². The van der Waals surface area contributed by atoms with Crippen molar-refractivity contribution in [3.63, 3.8) is 0 Å². The van der Waals surface area contributed by atoms with E-state index in [-0.39, 0.29) is 29.3 Å². The van der Waals surface area contributed by atoms with Crippen LogP contribution >= 0.6 is 0 Å². The number of benzene rings is 1. The molecule has 7 nitrogen and oxygen atoms in total. The molecule has 188 valence electrons. The number of ether oxygens (including phenoxy) is 3. The monoisotopic (exact) mass is 472 g/mol. The predicted molar refractivity (Wildman–Crippen MR) is 130 cm³/mol. The molecule has 4 fully saturated rings. The fraction of sp³-hybridized carbons (Fsp3) is 0.741. The van der Waals surface area contributed by atoms with E-state index >= 15 is 0 Å². The zero-order valence-electron chi connectivity index (χ0n) is 21.1. The van der Waals surface area contributed by atoms with E-state index in [4.69, 9.17) is 14.2 Å². The molecule has 34 heavy (non-hydrogen) atoms. The lowest BCUT2D eigenvalue weighted by Gasteiger charge is -2.62. The van der Waals surface area contributed by atoms with Crippen LogP contribution in [0.15, 0.2) is 24.3 Å². The van der Waals surface area contributed by atoms with E-state index in [9.17, 15) is 9.90 Å². The van der Waals surface area contributed by atoms with E-state index in [1.165, 1.54) is 5.69 Å². The lowest BCUT2D eigenvalue weighted by Crippen LogP contribution is -2.69. The zero-order valence-corrected chi connectivity index (χ0v) is 21.1. The lowest BCUT2D eigenvalue weighted by molar-refractivity contribution is -0.270. The maximum atomic E-state index is 13.0. The number of nitrogens with zero attached hydrogens (tertiary/aromatic N) is 2. The number of hydrogen-bond acceptors (Lipinski definition) is 7. The lowest BCUT2D eigenvalue weighted by atomic mass is 9.49. The number of carbonyl (C=O) groups excluding carboxylic acids is 1. The molecule has 5 rings (SSSR count). The van der Waals surface area contributed by atoms with Crippen LogP contribution in [0.25, 0.3) is 0 Å². The molecule has 4 aliphatic rings. The largest absolute Gasteiger partial charge is 0.497 e. The van der Waals surface area contributed by atoms with Crippen molar-refractivity contribution in [3.8, 4) is 5.75 Å². The van der Waals surface area contributed by atoms with Crippen molar-refractivity contribution in [3.05, 3.63) is 24.3 Å². The molecule has 1 aromatic rings. The number of fused-ring (bicyclic) bond motifs is 2. The van der Waals surface area contributed by atoms with Crippen LogP contribution in [0.5, 0.6) is 5.75 Å². The van der Waals surface area contributed by atoms with Crippen LogP contribution in [0, 0.1) is 17.3 Å². The highest BCUT2D eigenvalue weighted by molar-refractivity contribution is 5.75. The molecule has 2 aliphatic carbocycles. The van der Waals surface area contributed by atoms with E-state index in [0.717, 1.165) is 57.6 Å². The van der Waals surface area contributed by atoms with Gasteiger partial charge in [0, 0.05) is 62.9 Å². The topological polar surface area (TPSA) is 71.5 Å². The molecule has 0 unspecified atom stereocenters. The smallest absolute Gasteiger partial charge is 0.310 e. The number of aliphatic hydroxyl groups is 1. The van der Waals surface area contributed by atoms with Gasteiger partial charge in [0.1, 0.15) is 11.9 Å². The Hall–Kier alpha value is -1.83. The van der Waals surface area contributed by atoms with Crippen LogP contribution in [-0.4, -0.2) is 80.2 Å². The Balaban J connectivity index is 1.27. The first-order chi connectivity index (χ1) is 16.2. The SMILES string of the molecule is COc1cccc(N2CCN(C[C@@H]3C(=O)O[C@@H]4C[C@@]5(C)CCC[C@@](C)(OC)[C@@]5(O)C[C@H]34)CC2)c1. The molecule has 2 heterocycles. The molecule has 0 radical (unpaired) electrons. The van der Waals surface area contributed by atoms with E-state index in [1.807, 2.05) is 12.1 Å². The number of esters is 1. The first kappa shape index (κ1) is 23.9. The van der Waals surface area contributed by atoms with Gasteiger partial charge in [0.2, 0.25) is 0 Å². The first-order valence-corrected chi connectivity index (χ1v) is 12.8. The van der Waals surface area contributed by atoms with Gasteiger partial charge in [-0.3, -0.25) is 9.69 Å². The molecule has 1 N–H and O–H groups in total. The third kappa shape index (κ3) is 3.71. The Bertz CT molecular complexity index is 918. The van der Waals surface area contributed by atoms with E-state index in [2.05, 4.69) is 35.8 Å². The predicted octanol–water partition coefficient (Wildman–Crippen LogP) is 3.10. The summed E-state index contributed by atoms with van der Waals surface area (Å²) in [6.07, 6.45) is 4.01. The van der Waals surface area contributed by atoms with Crippen LogP contribution in [0.3, 0.4) is 0 Å². The molecule has 2 saturated heterocycles. The van der Waals surface area contributed by atoms with E-state index in [1.54, 1.807) is 14.2 Å². The normalized spacial score (nSPS) is 40.4. The van der Waals surface area contributed by atoms with Gasteiger partial charge in [0.25, 0.3) is 0 Å². The summed E-state index contributed by atoms with van der Waals surface area (Å²) < 4.78 is 17.3. The number of piperazine rings is 1. The molecule has 0 amide bonds. The van der Waals surface area contributed by atoms with E-state index in [0.29, 0.717) is 13.0 Å². The average Bonchev–Trinajstić information content (AvgIpc) is 3.12. The highest BCUT2D eigenvalue weighted by Gasteiger charge is 2.67. The Labute approximate surface area is 203 Å². The number of anilines is 1. The van der Waals surface area contributed by atoms with E-state index < -0.39 is 11.2 Å². The molecule has 2 aliphatic heterocycles. The molecular weight excluding hydrogens is 432 g/mol. The van der Waals surface area contributed by atoms with Crippen molar-refractivity contribution < 1.29 is 24.1 Å². The van der Waals surface area contributed by atoms with Crippen LogP contribution in [0.4, 0.5) is 5.69 Å². The summed E-state index contributed by atoms with van der Waals surface area (Å²) >= 11 is 0. The molecule has 7 heteroatoms. The Morgan fingerprint density at radius 3 is 2.59 bits per heavy atom. The molecule has 0 spiro atoms. The maximum absolute atomic E-state index is 13.0. The Morgan fingerprint density at radius 2 is 1.88 bits per heavy atom. The van der Waals surface area contributed by atoms with Gasteiger partial charge in [-0.1, -0.05) is 13.0 Å². The van der Waals surface area contributed by atoms with Gasteiger partial charge in [-0.2, -0.15) is 0 Å². The number of hydrogen-bond donors (Lipinski definition) is 1. The summed E-state index contributed by atoms with van der Waals surface area (Å²) in [4.78, 5) is 17.8. The summed E-state index contributed by atoms with van der Waals surface area (Å²) in [7, 11) is 3.41. The van der Waals surface area contributed by atoms with Crippen molar-refractivity contribution in [2.75, 3.05) is 51.8 Å². The summed E-state index contributed by atoms with van der Waals surface area (Å²) in [5.41, 5.74) is -0.673. The molecule has 2 saturated carbocycles. The van der Waals surface area contributed by atoms with Gasteiger partial charge in [0.15, 0.2) is 0 Å². The average molecular weight is 473 g/mol. The maximum Gasteiger partial charge on any atom is 0.310 e. The van der Waals surface area contributed by atoms with Crippen molar-refractivity contribution in [2.24, 2.45) is 17.3 Å².